The van der Waals surface area contributed by atoms with Crippen LogP contribution >= 0.6 is 11.3 Å². The average Bonchev–Trinajstić information content (AvgIpc) is 2.72. The first-order chi connectivity index (χ1) is 9.61. The van der Waals surface area contributed by atoms with Crippen molar-refractivity contribution in [2.75, 3.05) is 24.6 Å². The molecular weight excluding hydrogens is 316 g/mol. The topological polar surface area (TPSA) is 110 Å². The number of nitrogens with one attached hydrogen (secondary N) is 2. The van der Waals surface area contributed by atoms with Crippen molar-refractivity contribution in [2.24, 2.45) is 5.73 Å². The van der Waals surface area contributed by atoms with Crippen molar-refractivity contribution < 1.29 is 27.2 Å². The summed E-state index contributed by atoms with van der Waals surface area (Å²) >= 11 is 0.541. The fourth-order valence-electron chi connectivity index (χ4n) is 1.38. The lowest BCUT2D eigenvalue weighted by molar-refractivity contribution is -0.117. The van der Waals surface area contributed by atoms with E-state index >= 15 is 0 Å². The number of carbonyl (C=O) groups excluding carboxylic acids is 2. The molecule has 0 fully saturated rings. The van der Waals surface area contributed by atoms with Gasteiger partial charge in [-0.25, -0.2) is 8.78 Å². The van der Waals surface area contributed by atoms with Crippen LogP contribution in [-0.4, -0.2) is 37.8 Å². The number of thiophene rings is 1. The lowest BCUT2D eigenvalue weighted by Crippen LogP contribution is -2.35. The van der Waals surface area contributed by atoms with E-state index in [0.717, 1.165) is 0 Å². The molecule has 0 aromatic carbocycles. The van der Waals surface area contributed by atoms with Crippen LogP contribution in [0.3, 0.4) is 0 Å². The van der Waals surface area contributed by atoms with Crippen molar-refractivity contribution in [3.63, 3.8) is 0 Å². The molecule has 2 amide bonds. The van der Waals surface area contributed by atoms with Gasteiger partial charge in [-0.3, -0.25) is 9.59 Å². The van der Waals surface area contributed by atoms with E-state index < -0.39 is 30.7 Å². The molecule has 1 rings (SSSR count). The van der Waals surface area contributed by atoms with Crippen LogP contribution < -0.4 is 22.1 Å². The molecule has 0 aliphatic rings. The van der Waals surface area contributed by atoms with Crippen LogP contribution in [-0.2, 0) is 0 Å². The van der Waals surface area contributed by atoms with Gasteiger partial charge in [-0.2, -0.15) is 8.78 Å². The summed E-state index contributed by atoms with van der Waals surface area (Å²) in [4.78, 5) is 22.5. The Labute approximate surface area is 120 Å². The first kappa shape index (κ1) is 17.0. The van der Waals surface area contributed by atoms with Crippen LogP contribution in [0.5, 0.6) is 0 Å². The molecule has 0 aliphatic carbocycles. The van der Waals surface area contributed by atoms with Crippen LogP contribution in [0.4, 0.5) is 28.3 Å². The van der Waals surface area contributed by atoms with E-state index in [-0.39, 0.29) is 21.1 Å². The van der Waals surface area contributed by atoms with Gasteiger partial charge in [0.05, 0.1) is 17.8 Å². The number of amides is 2. The third-order valence-electron chi connectivity index (χ3n) is 2.43. The molecule has 118 valence electrons. The van der Waals surface area contributed by atoms with E-state index in [2.05, 4.69) is 5.32 Å². The monoisotopic (exact) mass is 328 g/mol. The number of primary amides is 1. The predicted molar refractivity (Wildman–Crippen MR) is 70.1 cm³/mol. The van der Waals surface area contributed by atoms with Gasteiger partial charge >= 0.3 is 12.3 Å². The summed E-state index contributed by atoms with van der Waals surface area (Å²) in [5.74, 6) is -6.03. The minimum atomic E-state index is -4.30. The molecule has 0 saturated carbocycles. The first-order valence-electron chi connectivity index (χ1n) is 5.45. The predicted octanol–water partition coefficient (Wildman–Crippen LogP) is 1.10. The third-order valence-corrected chi connectivity index (χ3v) is 3.60. The second kappa shape index (κ2) is 6.16. The van der Waals surface area contributed by atoms with E-state index in [4.69, 9.17) is 11.5 Å². The fraction of sp³-hybridized carbons (Fsp3) is 0.400. The van der Waals surface area contributed by atoms with Gasteiger partial charge in [0.1, 0.15) is 9.88 Å². The maximum atomic E-state index is 12.9. The first-order valence-corrected chi connectivity index (χ1v) is 6.27. The van der Waals surface area contributed by atoms with Gasteiger partial charge in [-0.05, 0) is 0 Å². The van der Waals surface area contributed by atoms with Gasteiger partial charge < -0.3 is 22.1 Å². The van der Waals surface area contributed by atoms with E-state index in [9.17, 15) is 27.2 Å². The summed E-state index contributed by atoms with van der Waals surface area (Å²) in [6.45, 7) is -1.42. The number of nitrogen functional groups attached to an aromatic ring is 1. The Morgan fingerprint density at radius 1 is 1.38 bits per heavy atom. The fourth-order valence-corrected chi connectivity index (χ4v) is 2.34. The highest BCUT2D eigenvalue weighted by Crippen LogP contribution is 2.36. The number of hydrogen-bond donors (Lipinski definition) is 4. The second-order valence-electron chi connectivity index (χ2n) is 3.91. The van der Waals surface area contributed by atoms with Crippen LogP contribution in [0.2, 0.25) is 0 Å². The quantitative estimate of drug-likeness (QED) is 0.586. The Balaban J connectivity index is 3.14. The molecule has 1 aromatic heterocycles. The Morgan fingerprint density at radius 2 is 1.95 bits per heavy atom. The van der Waals surface area contributed by atoms with Crippen molar-refractivity contribution >= 4 is 33.8 Å². The highest BCUT2D eigenvalue weighted by molar-refractivity contribution is 7.19. The lowest BCUT2D eigenvalue weighted by atomic mass is 10.2. The van der Waals surface area contributed by atoms with Crippen molar-refractivity contribution in [1.29, 1.82) is 0 Å². The summed E-state index contributed by atoms with van der Waals surface area (Å²) in [6, 6.07) is 0. The van der Waals surface area contributed by atoms with Crippen molar-refractivity contribution in [3.05, 3.63) is 10.4 Å². The minimum absolute atomic E-state index is 0.225. The molecule has 0 unspecified atom stereocenters. The summed E-state index contributed by atoms with van der Waals surface area (Å²) < 4.78 is 49.9. The van der Waals surface area contributed by atoms with Gasteiger partial charge in [0.15, 0.2) is 0 Å². The molecule has 0 aliphatic heterocycles. The molecule has 0 radical (unpaired) electrons. The zero-order chi connectivity index (χ0) is 16.4. The van der Waals surface area contributed by atoms with Crippen molar-refractivity contribution in [2.45, 2.75) is 12.3 Å². The number of alkyl halides is 4. The molecule has 0 atom stereocenters. The van der Waals surface area contributed by atoms with E-state index in [0.29, 0.717) is 11.3 Å². The minimum Gasteiger partial charge on any atom is -0.397 e. The van der Waals surface area contributed by atoms with Gasteiger partial charge in [-0.1, -0.05) is 0 Å². The molecule has 0 spiro atoms. The Hall–Kier alpha value is -2.04. The summed E-state index contributed by atoms with van der Waals surface area (Å²) in [6.07, 6.45) is -3.87. The molecule has 0 bridgehead atoms. The van der Waals surface area contributed by atoms with Crippen LogP contribution in [0, 0.1) is 0 Å². The normalized spacial score (nSPS) is 11.5. The molecule has 1 heterocycles. The third kappa shape index (κ3) is 3.54. The second-order valence-corrected chi connectivity index (χ2v) is 4.93. The SMILES string of the molecule is CNC(=O)c1c(NCC(F)(F)C(F)F)sc(C(N)=O)c1N. The number of hydrogen-bond acceptors (Lipinski definition) is 5. The highest BCUT2D eigenvalue weighted by atomic mass is 32.1. The molecule has 6 nitrogen and oxygen atoms in total. The van der Waals surface area contributed by atoms with E-state index in [1.165, 1.54) is 7.05 Å². The van der Waals surface area contributed by atoms with Gasteiger partial charge in [0.25, 0.3) is 11.8 Å². The number of carbonyl (C=O) groups is 2. The standard InChI is InChI=1S/C10H12F4N4O2S/c1-17-7(20)3-4(15)5(6(16)19)21-8(3)18-2-10(13,14)9(11)12/h9,18H,2,15H2,1H3,(H2,16,19)(H,17,20). The molecule has 0 saturated heterocycles. The Bertz CT molecular complexity index is 561. The van der Waals surface area contributed by atoms with Gasteiger partial charge in [0.2, 0.25) is 0 Å². The molecule has 1 aromatic rings. The average molecular weight is 328 g/mol. The van der Waals surface area contributed by atoms with Crippen molar-refractivity contribution in [3.8, 4) is 0 Å². The molecule has 6 N–H and O–H groups in total. The van der Waals surface area contributed by atoms with E-state index in [1.54, 1.807) is 0 Å². The molecule has 21 heavy (non-hydrogen) atoms. The smallest absolute Gasteiger partial charge is 0.324 e. The number of nitrogens with two attached hydrogens (primary N) is 2. The largest absolute Gasteiger partial charge is 0.397 e. The van der Waals surface area contributed by atoms with Gasteiger partial charge in [0, 0.05) is 7.05 Å². The number of halogens is 4. The molecular formula is C10H12F4N4O2S. The number of rotatable bonds is 6. The zero-order valence-corrected chi connectivity index (χ0v) is 11.5. The number of anilines is 2. The summed E-state index contributed by atoms with van der Waals surface area (Å²) in [5, 5.41) is 3.97. The highest BCUT2D eigenvalue weighted by Gasteiger charge is 2.41. The van der Waals surface area contributed by atoms with Crippen LogP contribution in [0.1, 0.15) is 20.0 Å². The summed E-state index contributed by atoms with van der Waals surface area (Å²) in [7, 11) is 1.25. The Morgan fingerprint density at radius 3 is 2.38 bits per heavy atom. The molecule has 11 heteroatoms. The lowest BCUT2D eigenvalue weighted by Gasteiger charge is -2.16. The summed E-state index contributed by atoms with van der Waals surface area (Å²) in [5.41, 5.74) is 10.00. The van der Waals surface area contributed by atoms with E-state index in [1.807, 2.05) is 5.32 Å². The van der Waals surface area contributed by atoms with Gasteiger partial charge in [-0.15, -0.1) is 11.3 Å². The van der Waals surface area contributed by atoms with Crippen LogP contribution in [0.15, 0.2) is 0 Å². The van der Waals surface area contributed by atoms with Crippen LogP contribution in [0.25, 0.3) is 0 Å². The Kier molecular flexibility index (Phi) is 4.99. The maximum absolute atomic E-state index is 12.9. The zero-order valence-electron chi connectivity index (χ0n) is 10.7. The maximum Gasteiger partial charge on any atom is 0.324 e. The van der Waals surface area contributed by atoms with Crippen molar-refractivity contribution in [1.82, 2.24) is 5.32 Å².